The van der Waals surface area contributed by atoms with E-state index in [1.165, 1.54) is 0 Å². The minimum atomic E-state index is -0.613. The molecule has 8 nitrogen and oxygen atoms in total. The van der Waals surface area contributed by atoms with Crippen molar-refractivity contribution in [1.82, 2.24) is 15.0 Å². The number of carbonyl (C=O) groups excluding carboxylic acids is 1. The predicted molar refractivity (Wildman–Crippen MR) is 133 cm³/mol. The number of pyridine rings is 1. The van der Waals surface area contributed by atoms with E-state index in [2.05, 4.69) is 25.8 Å². The highest BCUT2D eigenvalue weighted by Crippen LogP contribution is 2.45. The Morgan fingerprint density at radius 3 is 2.77 bits per heavy atom. The zero-order chi connectivity index (χ0) is 24.0. The van der Waals surface area contributed by atoms with E-state index in [0.717, 1.165) is 53.8 Å². The maximum atomic E-state index is 12.9. The molecule has 1 N–H and O–H groups in total. The number of aromatic amines is 1. The number of nitrogens with one attached hydrogen (secondary N) is 1. The number of benzene rings is 1. The first-order chi connectivity index (χ1) is 17.0. The highest BCUT2D eigenvalue weighted by atomic mass is 16.6. The number of H-pyrrole nitrogens is 1. The van der Waals surface area contributed by atoms with E-state index in [1.807, 2.05) is 37.5 Å². The van der Waals surface area contributed by atoms with Crippen LogP contribution in [0.15, 0.2) is 47.5 Å². The number of hydrogen-bond donors (Lipinski definition) is 1. The van der Waals surface area contributed by atoms with Crippen molar-refractivity contribution in [2.45, 2.75) is 50.7 Å². The molecule has 1 fully saturated rings. The number of esters is 1. The molecule has 3 aromatic rings. The molecule has 4 heterocycles. The van der Waals surface area contributed by atoms with Crippen LogP contribution in [-0.2, 0) is 29.7 Å². The summed E-state index contributed by atoms with van der Waals surface area (Å²) >= 11 is 0. The van der Waals surface area contributed by atoms with Crippen molar-refractivity contribution in [2.75, 3.05) is 29.9 Å². The first-order valence-corrected chi connectivity index (χ1v) is 12.4. The number of hydrogen-bond acceptors (Lipinski definition) is 7. The molecule has 35 heavy (non-hydrogen) atoms. The van der Waals surface area contributed by atoms with Crippen molar-refractivity contribution in [3.05, 3.63) is 81.0 Å². The molecule has 8 heteroatoms. The maximum absolute atomic E-state index is 12.9. The Balaban J connectivity index is 1.20. The van der Waals surface area contributed by atoms with Gasteiger partial charge in [-0.3, -0.25) is 14.8 Å². The fourth-order valence-electron chi connectivity index (χ4n) is 5.67. The monoisotopic (exact) mass is 471 g/mol. The minimum absolute atomic E-state index is 0.00874. The summed E-state index contributed by atoms with van der Waals surface area (Å²) < 4.78 is 6.03. The number of piperidine rings is 1. The minimum Gasteiger partial charge on any atom is -0.450 e. The van der Waals surface area contributed by atoms with Gasteiger partial charge in [0.1, 0.15) is 5.60 Å². The van der Waals surface area contributed by atoms with Gasteiger partial charge in [-0.05, 0) is 49.4 Å². The van der Waals surface area contributed by atoms with Crippen molar-refractivity contribution in [1.29, 1.82) is 0 Å². The van der Waals surface area contributed by atoms with E-state index in [1.54, 1.807) is 6.20 Å². The van der Waals surface area contributed by atoms with Crippen molar-refractivity contribution in [2.24, 2.45) is 0 Å². The second-order valence-corrected chi connectivity index (χ2v) is 9.84. The number of fused-ring (bicyclic) bond motifs is 3. The summed E-state index contributed by atoms with van der Waals surface area (Å²) in [6.07, 6.45) is 8.76. The molecule has 2 aliphatic heterocycles. The molecule has 1 aliphatic carbocycles. The fourth-order valence-corrected chi connectivity index (χ4v) is 5.67. The summed E-state index contributed by atoms with van der Waals surface area (Å²) in [4.78, 5) is 41.7. The predicted octanol–water partition coefficient (Wildman–Crippen LogP) is 3.35. The number of aryl methyl sites for hydroxylation is 1. The zero-order valence-corrected chi connectivity index (χ0v) is 19.9. The molecule has 2 aromatic heterocycles. The van der Waals surface area contributed by atoms with E-state index in [4.69, 9.17) is 9.72 Å². The Bertz CT molecular complexity index is 1330. The largest absolute Gasteiger partial charge is 0.450 e. The molecular formula is C27H29N5O3. The molecular weight excluding hydrogens is 442 g/mol. The molecule has 0 bridgehead atoms. The molecule has 1 aromatic carbocycles. The summed E-state index contributed by atoms with van der Waals surface area (Å²) in [6, 6.07) is 10.0. The molecule has 0 radical (unpaired) electrons. The van der Waals surface area contributed by atoms with Gasteiger partial charge in [-0.25, -0.2) is 9.78 Å². The lowest BCUT2D eigenvalue weighted by Crippen LogP contribution is -2.44. The second-order valence-electron chi connectivity index (χ2n) is 9.84. The third kappa shape index (κ3) is 3.87. The van der Waals surface area contributed by atoms with Crippen molar-refractivity contribution >= 4 is 17.6 Å². The number of aromatic nitrogens is 3. The quantitative estimate of drug-likeness (QED) is 0.584. The Kier molecular flexibility index (Phi) is 5.31. The SMILES string of the molecule is CN(Cc1cccnc1)c1ccc2c(c1)C(=O)OC21CCN(c2nc3c(c(=O)[nH]2)CCCC3)CC1. The molecule has 0 amide bonds. The van der Waals surface area contributed by atoms with E-state index < -0.39 is 5.60 Å². The van der Waals surface area contributed by atoms with Crippen LogP contribution in [0.1, 0.15) is 58.4 Å². The topological polar surface area (TPSA) is 91.4 Å². The van der Waals surface area contributed by atoms with Crippen molar-refractivity contribution < 1.29 is 9.53 Å². The smallest absolute Gasteiger partial charge is 0.339 e. The van der Waals surface area contributed by atoms with Gasteiger partial charge in [0.05, 0.1) is 11.3 Å². The summed E-state index contributed by atoms with van der Waals surface area (Å²) in [5.74, 6) is 0.382. The highest BCUT2D eigenvalue weighted by molar-refractivity contribution is 5.96. The van der Waals surface area contributed by atoms with Gasteiger partial charge in [-0.2, -0.15) is 0 Å². The lowest BCUT2D eigenvalue weighted by atomic mass is 9.83. The summed E-state index contributed by atoms with van der Waals surface area (Å²) in [6.45, 7) is 2.03. The first kappa shape index (κ1) is 21.8. The van der Waals surface area contributed by atoms with Gasteiger partial charge in [0.15, 0.2) is 0 Å². The molecule has 6 rings (SSSR count). The summed E-state index contributed by atoms with van der Waals surface area (Å²) in [7, 11) is 2.01. The van der Waals surface area contributed by atoms with Crippen LogP contribution in [-0.4, -0.2) is 41.1 Å². The van der Waals surface area contributed by atoms with Crippen LogP contribution < -0.4 is 15.4 Å². The molecule has 1 saturated heterocycles. The van der Waals surface area contributed by atoms with E-state index in [9.17, 15) is 9.59 Å². The second kappa shape index (κ2) is 8.52. The third-order valence-corrected chi connectivity index (χ3v) is 7.63. The molecule has 3 aliphatic rings. The van der Waals surface area contributed by atoms with Gasteiger partial charge in [-0.15, -0.1) is 0 Å². The van der Waals surface area contributed by atoms with Gasteiger partial charge in [0.25, 0.3) is 5.56 Å². The Labute approximate surface area is 204 Å². The normalized spacial score (nSPS) is 18.2. The van der Waals surface area contributed by atoms with Gasteiger partial charge >= 0.3 is 5.97 Å². The fraction of sp³-hybridized carbons (Fsp3) is 0.407. The maximum Gasteiger partial charge on any atom is 0.339 e. The van der Waals surface area contributed by atoms with Crippen LogP contribution in [0.2, 0.25) is 0 Å². The number of carbonyl (C=O) groups is 1. The number of nitrogens with zero attached hydrogens (tertiary/aromatic N) is 4. The molecule has 0 atom stereocenters. The number of ether oxygens (including phenoxy) is 1. The van der Waals surface area contributed by atoms with Crippen LogP contribution in [0.4, 0.5) is 11.6 Å². The van der Waals surface area contributed by atoms with Crippen LogP contribution in [0.5, 0.6) is 0 Å². The third-order valence-electron chi connectivity index (χ3n) is 7.63. The Morgan fingerprint density at radius 1 is 1.14 bits per heavy atom. The zero-order valence-electron chi connectivity index (χ0n) is 19.9. The Morgan fingerprint density at radius 2 is 1.97 bits per heavy atom. The van der Waals surface area contributed by atoms with Crippen LogP contribution in [0.25, 0.3) is 0 Å². The van der Waals surface area contributed by atoms with Crippen molar-refractivity contribution in [3.8, 4) is 0 Å². The summed E-state index contributed by atoms with van der Waals surface area (Å²) in [5, 5.41) is 0. The lowest BCUT2D eigenvalue weighted by Gasteiger charge is -2.39. The van der Waals surface area contributed by atoms with Crippen LogP contribution in [0.3, 0.4) is 0 Å². The van der Waals surface area contributed by atoms with Crippen LogP contribution in [0, 0.1) is 0 Å². The van der Waals surface area contributed by atoms with E-state index >= 15 is 0 Å². The highest BCUT2D eigenvalue weighted by Gasteiger charge is 2.47. The number of anilines is 2. The molecule has 180 valence electrons. The van der Waals surface area contributed by atoms with E-state index in [0.29, 0.717) is 44.0 Å². The molecule has 1 spiro atoms. The first-order valence-electron chi connectivity index (χ1n) is 12.4. The van der Waals surface area contributed by atoms with Gasteiger partial charge in [0.2, 0.25) is 5.95 Å². The van der Waals surface area contributed by atoms with E-state index in [-0.39, 0.29) is 11.5 Å². The standard InChI is InChI=1S/C27H29N5O3/c1-31(17-18-5-4-12-28-16-18)19-8-9-22-21(15-19)25(34)35-27(22)10-13-32(14-11-27)26-29-23-7-3-2-6-20(23)24(33)30-26/h4-5,8-9,12,15-16H,2-3,6-7,10-11,13-14,17H2,1H3,(H,29,30,33). The summed E-state index contributed by atoms with van der Waals surface area (Å²) in [5.41, 5.74) is 4.85. The van der Waals surface area contributed by atoms with Crippen LogP contribution >= 0.6 is 0 Å². The van der Waals surface area contributed by atoms with Crippen molar-refractivity contribution in [3.63, 3.8) is 0 Å². The average molecular weight is 472 g/mol. The molecule has 0 saturated carbocycles. The van der Waals surface area contributed by atoms with Gasteiger partial charge in [-0.1, -0.05) is 12.1 Å². The molecule has 0 unspecified atom stereocenters. The lowest BCUT2D eigenvalue weighted by molar-refractivity contribution is -0.0211. The Hall–Kier alpha value is -3.68. The van der Waals surface area contributed by atoms with Gasteiger partial charge in [0, 0.05) is 68.7 Å². The number of rotatable bonds is 4. The van der Waals surface area contributed by atoms with Gasteiger partial charge < -0.3 is 14.5 Å². The average Bonchev–Trinajstić information content (AvgIpc) is 3.15.